The summed E-state index contributed by atoms with van der Waals surface area (Å²) >= 11 is 1.64. The third-order valence-corrected chi connectivity index (χ3v) is 7.12. The molecule has 0 bridgehead atoms. The molecule has 1 fully saturated rings. The highest BCUT2D eigenvalue weighted by atomic mass is 32.2. The number of nitrogens with zero attached hydrogens (tertiary/aromatic N) is 4. The van der Waals surface area contributed by atoms with Crippen LogP contribution in [0.4, 0.5) is 5.69 Å². The first-order valence-electron chi connectivity index (χ1n) is 12.1. The maximum Gasteiger partial charge on any atom is 0.255 e. The van der Waals surface area contributed by atoms with E-state index in [1.807, 2.05) is 72.8 Å². The van der Waals surface area contributed by atoms with Gasteiger partial charge in [0.25, 0.3) is 5.91 Å². The van der Waals surface area contributed by atoms with Crippen molar-refractivity contribution in [3.05, 3.63) is 102 Å². The minimum Gasteiger partial charge on any atom is -0.322 e. The fraction of sp³-hybridized carbons (Fsp3) is 0.250. The zero-order valence-electron chi connectivity index (χ0n) is 19.6. The predicted molar refractivity (Wildman–Crippen MR) is 141 cm³/mol. The Bertz CT molecular complexity index is 1250. The van der Waals surface area contributed by atoms with Crippen LogP contribution in [0.3, 0.4) is 0 Å². The Kier molecular flexibility index (Phi) is 7.56. The zero-order valence-corrected chi connectivity index (χ0v) is 20.5. The normalized spacial score (nSPS) is 14.1. The summed E-state index contributed by atoms with van der Waals surface area (Å²) in [6.07, 6.45) is 3.80. The van der Waals surface area contributed by atoms with Gasteiger partial charge in [-0.1, -0.05) is 66.7 Å². The molecule has 5 rings (SSSR count). The molecule has 3 aromatic carbocycles. The van der Waals surface area contributed by atoms with E-state index in [0.717, 1.165) is 47.6 Å². The molecule has 6 nitrogen and oxygen atoms in total. The van der Waals surface area contributed by atoms with Crippen LogP contribution >= 0.6 is 11.8 Å². The van der Waals surface area contributed by atoms with Crippen molar-refractivity contribution in [3.63, 3.8) is 0 Å². The maximum atomic E-state index is 12.7. The lowest BCUT2D eigenvalue weighted by molar-refractivity contribution is 0.102. The van der Waals surface area contributed by atoms with E-state index in [1.165, 1.54) is 19.3 Å². The predicted octanol–water partition coefficient (Wildman–Crippen LogP) is 5.80. The Morgan fingerprint density at radius 2 is 1.60 bits per heavy atom. The summed E-state index contributed by atoms with van der Waals surface area (Å²) in [6, 6.07) is 27.6. The fourth-order valence-corrected chi connectivity index (χ4v) is 5.24. The van der Waals surface area contributed by atoms with E-state index >= 15 is 0 Å². The van der Waals surface area contributed by atoms with Gasteiger partial charge in [-0.3, -0.25) is 14.3 Å². The molecule has 0 spiro atoms. The van der Waals surface area contributed by atoms with Gasteiger partial charge < -0.3 is 5.32 Å². The van der Waals surface area contributed by atoms with Crippen molar-refractivity contribution in [1.29, 1.82) is 0 Å². The van der Waals surface area contributed by atoms with Gasteiger partial charge in [0.05, 0.1) is 6.54 Å². The van der Waals surface area contributed by atoms with Crippen molar-refractivity contribution >= 4 is 23.4 Å². The molecule has 7 heteroatoms. The molecule has 0 unspecified atom stereocenters. The van der Waals surface area contributed by atoms with E-state index in [-0.39, 0.29) is 5.91 Å². The molecule has 0 radical (unpaired) electrons. The number of para-hydroxylation sites is 2. The summed E-state index contributed by atoms with van der Waals surface area (Å²) in [5, 5.41) is 13.0. The average molecular weight is 484 g/mol. The van der Waals surface area contributed by atoms with Crippen molar-refractivity contribution in [3.8, 4) is 5.69 Å². The average Bonchev–Trinajstić information content (AvgIpc) is 3.31. The van der Waals surface area contributed by atoms with Gasteiger partial charge in [0.1, 0.15) is 0 Å². The smallest absolute Gasteiger partial charge is 0.255 e. The van der Waals surface area contributed by atoms with Crippen LogP contribution < -0.4 is 5.32 Å². The number of hydrogen-bond donors (Lipinski definition) is 1. The topological polar surface area (TPSA) is 63.1 Å². The first kappa shape index (κ1) is 23.3. The highest BCUT2D eigenvalue weighted by Crippen LogP contribution is 2.27. The van der Waals surface area contributed by atoms with E-state index in [4.69, 9.17) is 0 Å². The van der Waals surface area contributed by atoms with Gasteiger partial charge in [-0.25, -0.2) is 0 Å². The van der Waals surface area contributed by atoms with Gasteiger partial charge in [0, 0.05) is 22.7 Å². The quantitative estimate of drug-likeness (QED) is 0.321. The first-order chi connectivity index (χ1) is 17.3. The number of aromatic nitrogens is 3. The Balaban J connectivity index is 1.32. The van der Waals surface area contributed by atoms with Gasteiger partial charge in [0.15, 0.2) is 11.0 Å². The second-order valence-electron chi connectivity index (χ2n) is 8.72. The summed E-state index contributed by atoms with van der Waals surface area (Å²) in [6.45, 7) is 3.03. The maximum absolute atomic E-state index is 12.7. The molecule has 1 aromatic heterocycles. The number of carbonyl (C=O) groups is 1. The summed E-state index contributed by atoms with van der Waals surface area (Å²) in [5.41, 5.74) is 3.57. The van der Waals surface area contributed by atoms with Crippen LogP contribution in [0.25, 0.3) is 5.69 Å². The standard InChI is InChI=1S/C28H29N5OS/c34-27(29-24-13-4-1-5-14-24)23-12-10-11-22(19-23)21-35-28-31-30-26(20-32-17-8-3-9-18-32)33(28)25-15-6-2-7-16-25/h1-2,4-7,10-16,19H,3,8-9,17-18,20-21H2,(H,29,34). The zero-order chi connectivity index (χ0) is 23.9. The Morgan fingerprint density at radius 3 is 2.37 bits per heavy atom. The van der Waals surface area contributed by atoms with Gasteiger partial charge in [0.2, 0.25) is 0 Å². The third-order valence-electron chi connectivity index (χ3n) is 6.12. The number of amides is 1. The number of hydrogen-bond acceptors (Lipinski definition) is 5. The Labute approximate surface area is 210 Å². The van der Waals surface area contributed by atoms with E-state index in [2.05, 4.69) is 37.1 Å². The van der Waals surface area contributed by atoms with Crippen molar-refractivity contribution in [1.82, 2.24) is 19.7 Å². The summed E-state index contributed by atoms with van der Waals surface area (Å²) in [5.74, 6) is 1.55. The summed E-state index contributed by atoms with van der Waals surface area (Å²) in [4.78, 5) is 15.2. The number of piperidine rings is 1. The van der Waals surface area contributed by atoms with Crippen LogP contribution in [0, 0.1) is 0 Å². The van der Waals surface area contributed by atoms with E-state index in [1.54, 1.807) is 11.8 Å². The number of benzene rings is 3. The molecule has 1 N–H and O–H groups in total. The Hall–Kier alpha value is -3.42. The van der Waals surface area contributed by atoms with Gasteiger partial charge in [-0.05, 0) is 67.9 Å². The number of thioether (sulfide) groups is 1. The minimum absolute atomic E-state index is 0.112. The fourth-order valence-electron chi connectivity index (χ4n) is 4.33. The van der Waals surface area contributed by atoms with Crippen LogP contribution in [-0.4, -0.2) is 38.7 Å². The van der Waals surface area contributed by atoms with Crippen molar-refractivity contribution in [2.24, 2.45) is 0 Å². The molecule has 1 amide bonds. The summed E-state index contributed by atoms with van der Waals surface area (Å²) in [7, 11) is 0. The molecule has 0 atom stereocenters. The molecule has 1 aliphatic heterocycles. The van der Waals surface area contributed by atoms with E-state index < -0.39 is 0 Å². The van der Waals surface area contributed by atoms with Crippen molar-refractivity contribution in [2.75, 3.05) is 18.4 Å². The van der Waals surface area contributed by atoms with Crippen molar-refractivity contribution < 1.29 is 4.79 Å². The molecule has 1 aliphatic rings. The first-order valence-corrected chi connectivity index (χ1v) is 13.0. The van der Waals surface area contributed by atoms with Crippen molar-refractivity contribution in [2.45, 2.75) is 36.7 Å². The number of anilines is 1. The van der Waals surface area contributed by atoms with E-state index in [0.29, 0.717) is 11.3 Å². The van der Waals surface area contributed by atoms with Gasteiger partial charge >= 0.3 is 0 Å². The number of nitrogens with one attached hydrogen (secondary N) is 1. The van der Waals surface area contributed by atoms with Crippen LogP contribution in [-0.2, 0) is 12.3 Å². The van der Waals surface area contributed by atoms with E-state index in [9.17, 15) is 4.79 Å². The largest absolute Gasteiger partial charge is 0.322 e. The minimum atomic E-state index is -0.112. The molecule has 0 saturated carbocycles. The second kappa shape index (κ2) is 11.3. The van der Waals surface area contributed by atoms with Gasteiger partial charge in [-0.2, -0.15) is 0 Å². The Morgan fingerprint density at radius 1 is 0.857 bits per heavy atom. The third kappa shape index (κ3) is 5.99. The summed E-state index contributed by atoms with van der Waals surface area (Å²) < 4.78 is 2.17. The lowest BCUT2D eigenvalue weighted by atomic mass is 10.1. The SMILES string of the molecule is O=C(Nc1ccccc1)c1cccc(CSc2nnc(CN3CCCCC3)n2-c2ccccc2)c1. The monoisotopic (exact) mass is 483 g/mol. The van der Waals surface area contributed by atoms with Crippen LogP contribution in [0.15, 0.2) is 90.1 Å². The number of carbonyl (C=O) groups excluding carboxylic acids is 1. The molecule has 2 heterocycles. The highest BCUT2D eigenvalue weighted by molar-refractivity contribution is 7.98. The molecule has 178 valence electrons. The molecule has 0 aliphatic carbocycles. The lowest BCUT2D eigenvalue weighted by Crippen LogP contribution is -2.30. The van der Waals surface area contributed by atoms with Gasteiger partial charge in [-0.15, -0.1) is 10.2 Å². The second-order valence-corrected chi connectivity index (χ2v) is 9.66. The van der Waals surface area contributed by atoms with Crippen LogP contribution in [0.2, 0.25) is 0 Å². The highest BCUT2D eigenvalue weighted by Gasteiger charge is 2.19. The van der Waals surface area contributed by atoms with Crippen LogP contribution in [0.5, 0.6) is 0 Å². The number of likely N-dealkylation sites (tertiary alicyclic amines) is 1. The molecular formula is C28H29N5OS. The molecular weight excluding hydrogens is 454 g/mol. The molecule has 35 heavy (non-hydrogen) atoms. The number of rotatable bonds is 8. The molecule has 4 aromatic rings. The molecule has 1 saturated heterocycles. The van der Waals surface area contributed by atoms with Crippen LogP contribution in [0.1, 0.15) is 41.0 Å². The lowest BCUT2D eigenvalue weighted by Gasteiger charge is -2.26.